The molecule has 4 rings (SSSR count). The van der Waals surface area contributed by atoms with Crippen molar-refractivity contribution in [1.29, 1.82) is 0 Å². The molecule has 3 aromatic rings. The minimum Gasteiger partial charge on any atom is -0.508 e. The minimum atomic E-state index is -0.674. The number of para-hydroxylation sites is 2. The molecular formula is C25H24ClFN4OS. The predicted molar refractivity (Wildman–Crippen MR) is 137 cm³/mol. The number of phenols is 1. The van der Waals surface area contributed by atoms with Crippen molar-refractivity contribution < 1.29 is 9.50 Å². The standard InChI is InChI=1S/C25H24ClFN4OS/c1-2-16-33-22-9-4-3-8-21(22)29-23-14-15-31(24-19(26)6-5-7-20(24)27)25(30-23)28-17-10-12-18(32)13-11-17/h3-15,25,28,32H,2,16H2,1H3,(H,29,30). The van der Waals surface area contributed by atoms with E-state index < -0.39 is 12.1 Å². The monoisotopic (exact) mass is 482 g/mol. The van der Waals surface area contributed by atoms with Gasteiger partial charge in [0.15, 0.2) is 0 Å². The Morgan fingerprint density at radius 2 is 1.88 bits per heavy atom. The van der Waals surface area contributed by atoms with Crippen LogP contribution in [0.3, 0.4) is 0 Å². The number of benzene rings is 3. The van der Waals surface area contributed by atoms with E-state index in [1.54, 1.807) is 65.3 Å². The number of thioether (sulfide) groups is 1. The van der Waals surface area contributed by atoms with Crippen LogP contribution < -0.4 is 15.5 Å². The summed E-state index contributed by atoms with van der Waals surface area (Å²) in [6.45, 7) is 2.15. The molecule has 0 aromatic heterocycles. The maximum atomic E-state index is 14.7. The molecule has 0 amide bonds. The number of anilines is 3. The topological polar surface area (TPSA) is 59.9 Å². The summed E-state index contributed by atoms with van der Waals surface area (Å²) in [5.74, 6) is 1.35. The Morgan fingerprint density at radius 3 is 2.64 bits per heavy atom. The van der Waals surface area contributed by atoms with Crippen molar-refractivity contribution in [1.82, 2.24) is 0 Å². The molecule has 170 valence electrons. The number of aromatic hydroxyl groups is 1. The number of hydrogen-bond acceptors (Lipinski definition) is 6. The third-order valence-corrected chi connectivity index (χ3v) is 6.47. The van der Waals surface area contributed by atoms with E-state index in [9.17, 15) is 9.50 Å². The number of aliphatic imine (C=N–C) groups is 1. The molecule has 0 radical (unpaired) electrons. The summed E-state index contributed by atoms with van der Waals surface area (Å²) in [7, 11) is 0. The molecule has 5 nitrogen and oxygen atoms in total. The van der Waals surface area contributed by atoms with Crippen LogP contribution in [0, 0.1) is 5.82 Å². The Kier molecular flexibility index (Phi) is 7.42. The highest BCUT2D eigenvalue weighted by Gasteiger charge is 2.25. The molecule has 1 atom stereocenters. The van der Waals surface area contributed by atoms with Gasteiger partial charge >= 0.3 is 0 Å². The number of nitrogens with one attached hydrogen (secondary N) is 2. The first kappa shape index (κ1) is 23.0. The highest BCUT2D eigenvalue weighted by molar-refractivity contribution is 7.99. The fraction of sp³-hybridized carbons (Fsp3) is 0.160. The van der Waals surface area contributed by atoms with Gasteiger partial charge < -0.3 is 20.6 Å². The van der Waals surface area contributed by atoms with E-state index in [0.717, 1.165) is 22.8 Å². The maximum absolute atomic E-state index is 14.7. The Morgan fingerprint density at radius 1 is 1.09 bits per heavy atom. The van der Waals surface area contributed by atoms with Gasteiger partial charge in [-0.2, -0.15) is 0 Å². The van der Waals surface area contributed by atoms with Crippen molar-refractivity contribution in [2.75, 3.05) is 21.3 Å². The molecule has 0 saturated carbocycles. The van der Waals surface area contributed by atoms with E-state index in [2.05, 4.69) is 23.6 Å². The lowest BCUT2D eigenvalue weighted by Crippen LogP contribution is -2.40. The van der Waals surface area contributed by atoms with Gasteiger partial charge in [0.2, 0.25) is 6.29 Å². The van der Waals surface area contributed by atoms with Crippen LogP contribution in [0.1, 0.15) is 13.3 Å². The first-order valence-corrected chi connectivity index (χ1v) is 11.9. The molecule has 8 heteroatoms. The molecule has 0 spiro atoms. The van der Waals surface area contributed by atoms with Gasteiger partial charge in [-0.3, -0.25) is 0 Å². The van der Waals surface area contributed by atoms with E-state index >= 15 is 0 Å². The summed E-state index contributed by atoms with van der Waals surface area (Å²) in [5, 5.41) is 16.6. The molecule has 0 fully saturated rings. The van der Waals surface area contributed by atoms with Crippen molar-refractivity contribution in [3.05, 3.63) is 89.8 Å². The average molecular weight is 483 g/mol. The fourth-order valence-electron chi connectivity index (χ4n) is 3.33. The van der Waals surface area contributed by atoms with Crippen LogP contribution >= 0.6 is 23.4 Å². The lowest BCUT2D eigenvalue weighted by Gasteiger charge is -2.33. The molecule has 1 aliphatic heterocycles. The van der Waals surface area contributed by atoms with Crippen LogP contribution in [0.4, 0.5) is 21.5 Å². The van der Waals surface area contributed by atoms with E-state index in [1.165, 1.54) is 6.07 Å². The fourth-order valence-corrected chi connectivity index (χ4v) is 4.46. The van der Waals surface area contributed by atoms with Crippen LogP contribution in [0.15, 0.2) is 88.9 Å². The Labute approximate surface area is 202 Å². The van der Waals surface area contributed by atoms with Gasteiger partial charge in [0.25, 0.3) is 0 Å². The van der Waals surface area contributed by atoms with Crippen LogP contribution in [0.5, 0.6) is 5.75 Å². The highest BCUT2D eigenvalue weighted by Crippen LogP contribution is 2.33. The van der Waals surface area contributed by atoms with E-state index in [-0.39, 0.29) is 16.5 Å². The summed E-state index contributed by atoms with van der Waals surface area (Å²) in [6, 6.07) is 19.3. The molecule has 1 heterocycles. The van der Waals surface area contributed by atoms with Crippen molar-refractivity contribution in [2.24, 2.45) is 4.99 Å². The maximum Gasteiger partial charge on any atom is 0.202 e. The smallest absolute Gasteiger partial charge is 0.202 e. The molecule has 0 bridgehead atoms. The van der Waals surface area contributed by atoms with E-state index in [1.807, 2.05) is 18.2 Å². The summed E-state index contributed by atoms with van der Waals surface area (Å²) in [4.78, 5) is 7.58. The van der Waals surface area contributed by atoms with Gasteiger partial charge in [-0.1, -0.05) is 36.7 Å². The number of rotatable bonds is 7. The number of hydrogen-bond donors (Lipinski definition) is 3. The molecule has 0 saturated heterocycles. The number of amidine groups is 1. The minimum absolute atomic E-state index is 0.158. The van der Waals surface area contributed by atoms with Gasteiger partial charge in [0, 0.05) is 16.8 Å². The molecule has 33 heavy (non-hydrogen) atoms. The van der Waals surface area contributed by atoms with Crippen molar-refractivity contribution in [3.63, 3.8) is 0 Å². The van der Waals surface area contributed by atoms with Crippen molar-refractivity contribution in [2.45, 2.75) is 24.5 Å². The Balaban J connectivity index is 1.65. The highest BCUT2D eigenvalue weighted by atomic mass is 35.5. The molecule has 3 N–H and O–H groups in total. The predicted octanol–water partition coefficient (Wildman–Crippen LogP) is 6.93. The third kappa shape index (κ3) is 5.61. The van der Waals surface area contributed by atoms with Crippen LogP contribution in [0.2, 0.25) is 5.02 Å². The zero-order valence-corrected chi connectivity index (χ0v) is 19.6. The van der Waals surface area contributed by atoms with Gasteiger partial charge in [-0.25, -0.2) is 9.38 Å². The van der Waals surface area contributed by atoms with Crippen LogP contribution in [0.25, 0.3) is 0 Å². The SMILES string of the molecule is CCCSc1ccccc1NC1=NC(Nc2ccc(O)cc2)N(c2c(F)cccc2Cl)C=C1. The summed E-state index contributed by atoms with van der Waals surface area (Å²) >= 11 is 8.13. The lowest BCUT2D eigenvalue weighted by molar-refractivity contribution is 0.475. The van der Waals surface area contributed by atoms with E-state index in [0.29, 0.717) is 11.5 Å². The van der Waals surface area contributed by atoms with Gasteiger partial charge in [-0.05, 0) is 66.8 Å². The number of halogens is 2. The first-order chi connectivity index (χ1) is 16.0. The largest absolute Gasteiger partial charge is 0.508 e. The number of nitrogens with zero attached hydrogens (tertiary/aromatic N) is 2. The van der Waals surface area contributed by atoms with Gasteiger partial charge in [0.1, 0.15) is 17.4 Å². The number of phenolic OH excluding ortho intramolecular Hbond substituents is 1. The second-order valence-corrected chi connectivity index (χ2v) is 8.89. The molecule has 1 aliphatic rings. The quantitative estimate of drug-likeness (QED) is 0.252. The van der Waals surface area contributed by atoms with Crippen LogP contribution in [-0.2, 0) is 0 Å². The van der Waals surface area contributed by atoms with Gasteiger partial charge in [-0.15, -0.1) is 11.8 Å². The average Bonchev–Trinajstić information content (AvgIpc) is 2.81. The van der Waals surface area contributed by atoms with Crippen molar-refractivity contribution in [3.8, 4) is 5.75 Å². The second-order valence-electron chi connectivity index (χ2n) is 7.34. The molecule has 1 unspecified atom stereocenters. The molecular weight excluding hydrogens is 459 g/mol. The Bertz CT molecular complexity index is 1150. The lowest BCUT2D eigenvalue weighted by atomic mass is 10.2. The summed E-state index contributed by atoms with van der Waals surface area (Å²) in [6.07, 6.45) is 3.95. The molecule has 3 aromatic carbocycles. The Hall–Kier alpha value is -3.16. The van der Waals surface area contributed by atoms with Crippen LogP contribution in [-0.4, -0.2) is 23.0 Å². The molecule has 0 aliphatic carbocycles. The zero-order chi connectivity index (χ0) is 23.2. The summed E-state index contributed by atoms with van der Waals surface area (Å²) < 4.78 is 14.7. The normalized spacial score (nSPS) is 15.3. The second kappa shape index (κ2) is 10.6. The first-order valence-electron chi connectivity index (χ1n) is 10.6. The zero-order valence-electron chi connectivity index (χ0n) is 18.0. The van der Waals surface area contributed by atoms with Gasteiger partial charge in [0.05, 0.1) is 16.4 Å². The summed E-state index contributed by atoms with van der Waals surface area (Å²) in [5.41, 5.74) is 1.90. The van der Waals surface area contributed by atoms with Crippen molar-refractivity contribution >= 4 is 46.3 Å². The third-order valence-electron chi connectivity index (χ3n) is 4.89. The van der Waals surface area contributed by atoms with E-state index in [4.69, 9.17) is 16.6 Å².